The summed E-state index contributed by atoms with van der Waals surface area (Å²) in [6.07, 6.45) is 2.46. The first-order chi connectivity index (χ1) is 14.1. The molecule has 3 aromatic rings. The van der Waals surface area contributed by atoms with Gasteiger partial charge >= 0.3 is 0 Å². The number of hydrogen-bond acceptors (Lipinski definition) is 3. The molecule has 29 heavy (non-hydrogen) atoms. The molecule has 1 amide bonds. The summed E-state index contributed by atoms with van der Waals surface area (Å²) < 4.78 is 1.53. The number of carbonyl (C=O) groups is 2. The molecule has 1 aliphatic carbocycles. The number of Topliss-reactive ketones (excluding diaryl/α,β-unsaturated/α-hetero) is 1. The van der Waals surface area contributed by atoms with Crippen LogP contribution in [-0.4, -0.2) is 22.8 Å². The molecule has 0 saturated heterocycles. The molecule has 0 fully saturated rings. The van der Waals surface area contributed by atoms with Gasteiger partial charge in [-0.1, -0.05) is 48.5 Å². The molecule has 5 heteroatoms. The Labute approximate surface area is 169 Å². The third-order valence-corrected chi connectivity index (χ3v) is 5.22. The molecule has 0 aliphatic heterocycles. The van der Waals surface area contributed by atoms with Gasteiger partial charge < -0.3 is 5.32 Å². The predicted molar refractivity (Wildman–Crippen MR) is 112 cm³/mol. The molecule has 4 rings (SSSR count). The van der Waals surface area contributed by atoms with Gasteiger partial charge in [-0.15, -0.1) is 0 Å². The number of amides is 1. The van der Waals surface area contributed by atoms with E-state index in [1.807, 2.05) is 60.7 Å². The molecule has 0 spiro atoms. The number of aromatic nitrogens is 1. The summed E-state index contributed by atoms with van der Waals surface area (Å²) in [6.45, 7) is 0.415. The van der Waals surface area contributed by atoms with Gasteiger partial charge in [-0.25, -0.2) is 0 Å². The average molecular weight is 386 g/mol. The Morgan fingerprint density at radius 3 is 2.34 bits per heavy atom. The fourth-order valence-corrected chi connectivity index (χ4v) is 3.76. The van der Waals surface area contributed by atoms with Gasteiger partial charge in [0.15, 0.2) is 5.78 Å². The molecule has 146 valence electrons. The van der Waals surface area contributed by atoms with E-state index < -0.39 is 5.91 Å². The van der Waals surface area contributed by atoms with Crippen molar-refractivity contribution >= 4 is 11.7 Å². The van der Waals surface area contributed by atoms with Crippen molar-refractivity contribution in [3.8, 4) is 5.69 Å². The second-order valence-corrected chi connectivity index (χ2v) is 7.16. The number of nitrogens with zero attached hydrogens (tertiary/aromatic N) is 1. The van der Waals surface area contributed by atoms with E-state index >= 15 is 0 Å². The standard InChI is InChI=1S/C24H22N2O3/c27-22-13-7-12-21-19(22)16-20(24(29)26(21)18-10-5-2-6-11-18)23(28)25-15-14-17-8-3-1-4-9-17/h1-6,8-11,16H,7,12-15H2,(H,25,28). The van der Waals surface area contributed by atoms with Gasteiger partial charge in [0, 0.05) is 29.9 Å². The summed E-state index contributed by atoms with van der Waals surface area (Å²) in [7, 11) is 0. The molecule has 0 radical (unpaired) electrons. The van der Waals surface area contributed by atoms with Crippen LogP contribution in [0.5, 0.6) is 0 Å². The van der Waals surface area contributed by atoms with E-state index in [9.17, 15) is 14.4 Å². The van der Waals surface area contributed by atoms with Crippen LogP contribution in [0.25, 0.3) is 5.69 Å². The molecule has 5 nitrogen and oxygen atoms in total. The predicted octanol–water partition coefficient (Wildman–Crippen LogP) is 3.33. The fourth-order valence-electron chi connectivity index (χ4n) is 3.76. The van der Waals surface area contributed by atoms with Gasteiger partial charge in [0.1, 0.15) is 5.56 Å². The van der Waals surface area contributed by atoms with Crippen LogP contribution in [0.15, 0.2) is 71.5 Å². The lowest BCUT2D eigenvalue weighted by molar-refractivity contribution is 0.0952. The molecule has 1 aliphatic rings. The molecule has 0 saturated carbocycles. The Balaban J connectivity index is 1.68. The van der Waals surface area contributed by atoms with Gasteiger partial charge in [0.2, 0.25) is 0 Å². The molecular weight excluding hydrogens is 364 g/mol. The molecular formula is C24H22N2O3. The molecule has 1 N–H and O–H groups in total. The number of carbonyl (C=O) groups excluding carboxylic acids is 2. The van der Waals surface area contributed by atoms with Crippen LogP contribution in [0, 0.1) is 0 Å². The van der Waals surface area contributed by atoms with Crippen LogP contribution in [0.3, 0.4) is 0 Å². The van der Waals surface area contributed by atoms with Crippen LogP contribution < -0.4 is 10.9 Å². The Morgan fingerprint density at radius 2 is 1.62 bits per heavy atom. The first-order valence-electron chi connectivity index (χ1n) is 9.85. The molecule has 0 bridgehead atoms. The normalized spacial score (nSPS) is 13.0. The minimum Gasteiger partial charge on any atom is -0.352 e. The lowest BCUT2D eigenvalue weighted by atomic mass is 9.92. The summed E-state index contributed by atoms with van der Waals surface area (Å²) in [5.74, 6) is -0.467. The smallest absolute Gasteiger partial charge is 0.268 e. The molecule has 1 heterocycles. The van der Waals surface area contributed by atoms with Crippen molar-refractivity contribution in [1.82, 2.24) is 9.88 Å². The Kier molecular flexibility index (Phi) is 5.38. The van der Waals surface area contributed by atoms with Crippen molar-refractivity contribution < 1.29 is 9.59 Å². The summed E-state index contributed by atoms with van der Waals surface area (Å²) in [6, 6.07) is 20.5. The van der Waals surface area contributed by atoms with E-state index in [-0.39, 0.29) is 16.9 Å². The third kappa shape index (κ3) is 3.90. The molecule has 1 aromatic heterocycles. The van der Waals surface area contributed by atoms with Crippen LogP contribution in [0.4, 0.5) is 0 Å². The Hall–Kier alpha value is -3.47. The van der Waals surface area contributed by atoms with Crippen molar-refractivity contribution in [3.05, 3.63) is 99.5 Å². The Bertz CT molecular complexity index is 1100. The SMILES string of the molecule is O=C1CCCc2c1cc(C(=O)NCCc1ccccc1)c(=O)n2-c1ccccc1. The first-order valence-corrected chi connectivity index (χ1v) is 9.85. The highest BCUT2D eigenvalue weighted by atomic mass is 16.2. The average Bonchev–Trinajstić information content (AvgIpc) is 2.75. The highest BCUT2D eigenvalue weighted by molar-refractivity contribution is 6.01. The summed E-state index contributed by atoms with van der Waals surface area (Å²) in [4.78, 5) is 38.5. The number of ketones is 1. The fraction of sp³-hybridized carbons (Fsp3) is 0.208. The van der Waals surface area contributed by atoms with Crippen molar-refractivity contribution in [2.45, 2.75) is 25.7 Å². The zero-order valence-electron chi connectivity index (χ0n) is 16.1. The number of benzene rings is 2. The largest absolute Gasteiger partial charge is 0.352 e. The van der Waals surface area contributed by atoms with Crippen molar-refractivity contribution in [1.29, 1.82) is 0 Å². The van der Waals surface area contributed by atoms with Crippen LogP contribution in [0.1, 0.15) is 44.8 Å². The first kappa shape index (κ1) is 18.9. The molecule has 0 unspecified atom stereocenters. The van der Waals surface area contributed by atoms with E-state index in [1.165, 1.54) is 10.6 Å². The molecule has 0 atom stereocenters. The summed E-state index contributed by atoms with van der Waals surface area (Å²) >= 11 is 0. The Morgan fingerprint density at radius 1 is 0.931 bits per heavy atom. The second-order valence-electron chi connectivity index (χ2n) is 7.16. The zero-order chi connectivity index (χ0) is 20.2. The van der Waals surface area contributed by atoms with Gasteiger partial charge in [-0.05, 0) is 43.0 Å². The van der Waals surface area contributed by atoms with E-state index in [2.05, 4.69) is 5.32 Å². The number of pyridine rings is 1. The number of rotatable bonds is 5. The van der Waals surface area contributed by atoms with Crippen molar-refractivity contribution in [2.75, 3.05) is 6.54 Å². The number of fused-ring (bicyclic) bond motifs is 1. The van der Waals surface area contributed by atoms with Crippen molar-refractivity contribution in [3.63, 3.8) is 0 Å². The molecule has 2 aromatic carbocycles. The highest BCUT2D eigenvalue weighted by Gasteiger charge is 2.26. The summed E-state index contributed by atoms with van der Waals surface area (Å²) in [5, 5.41) is 2.83. The lowest BCUT2D eigenvalue weighted by Crippen LogP contribution is -2.36. The minimum absolute atomic E-state index is 0.0101. The minimum atomic E-state index is -0.447. The van der Waals surface area contributed by atoms with E-state index in [1.54, 1.807) is 0 Å². The number of nitrogens with one attached hydrogen (secondary N) is 1. The van der Waals surface area contributed by atoms with E-state index in [4.69, 9.17) is 0 Å². The van der Waals surface area contributed by atoms with Crippen LogP contribution >= 0.6 is 0 Å². The van der Waals surface area contributed by atoms with Gasteiger partial charge in [0.05, 0.1) is 0 Å². The van der Waals surface area contributed by atoms with Gasteiger partial charge in [-0.2, -0.15) is 0 Å². The maximum absolute atomic E-state index is 13.2. The van der Waals surface area contributed by atoms with Gasteiger partial charge in [0.25, 0.3) is 11.5 Å². The third-order valence-electron chi connectivity index (χ3n) is 5.22. The van der Waals surface area contributed by atoms with Crippen LogP contribution in [0.2, 0.25) is 0 Å². The number of para-hydroxylation sites is 1. The van der Waals surface area contributed by atoms with Gasteiger partial charge in [-0.3, -0.25) is 19.0 Å². The summed E-state index contributed by atoms with van der Waals surface area (Å²) in [5.41, 5.74) is 2.57. The monoisotopic (exact) mass is 386 g/mol. The number of hydrogen-bond donors (Lipinski definition) is 1. The second kappa shape index (κ2) is 8.27. The maximum Gasteiger partial charge on any atom is 0.268 e. The van der Waals surface area contributed by atoms with E-state index in [0.717, 1.165) is 5.56 Å². The topological polar surface area (TPSA) is 68.2 Å². The highest BCUT2D eigenvalue weighted by Crippen LogP contribution is 2.23. The van der Waals surface area contributed by atoms with Crippen LogP contribution in [-0.2, 0) is 12.8 Å². The van der Waals surface area contributed by atoms with Crippen molar-refractivity contribution in [2.24, 2.45) is 0 Å². The quantitative estimate of drug-likeness (QED) is 0.731. The lowest BCUT2D eigenvalue weighted by Gasteiger charge is -2.21. The zero-order valence-corrected chi connectivity index (χ0v) is 16.1. The maximum atomic E-state index is 13.2. The van der Waals surface area contributed by atoms with E-state index in [0.29, 0.717) is 49.2 Å².